The molecule has 0 aromatic heterocycles. The van der Waals surface area contributed by atoms with E-state index in [4.69, 9.17) is 9.47 Å². The fourth-order valence-electron chi connectivity index (χ4n) is 2.14. The smallest absolute Gasteiger partial charge is 0.200 e. The van der Waals surface area contributed by atoms with E-state index in [9.17, 15) is 17.6 Å². The fraction of sp³-hybridized carbons (Fsp3) is 0.500. The van der Waals surface area contributed by atoms with Crippen molar-refractivity contribution < 1.29 is 27.0 Å². The Labute approximate surface area is 102 Å². The van der Waals surface area contributed by atoms with Crippen LogP contribution in [-0.4, -0.2) is 13.7 Å². The Kier molecular flexibility index (Phi) is 3.59. The van der Waals surface area contributed by atoms with Crippen LogP contribution < -0.4 is 0 Å². The lowest BCUT2D eigenvalue weighted by molar-refractivity contribution is -0.254. The van der Waals surface area contributed by atoms with Crippen molar-refractivity contribution in [1.29, 1.82) is 0 Å². The largest absolute Gasteiger partial charge is 0.349 e. The van der Waals surface area contributed by atoms with Gasteiger partial charge in [-0.15, -0.1) is 0 Å². The highest BCUT2D eigenvalue weighted by atomic mass is 19.2. The molecule has 0 N–H and O–H groups in total. The van der Waals surface area contributed by atoms with Crippen LogP contribution in [0.25, 0.3) is 0 Å². The van der Waals surface area contributed by atoms with Crippen molar-refractivity contribution in [2.45, 2.75) is 25.0 Å². The second kappa shape index (κ2) is 4.85. The highest BCUT2D eigenvalue weighted by molar-refractivity contribution is 5.27. The topological polar surface area (TPSA) is 18.5 Å². The summed E-state index contributed by atoms with van der Waals surface area (Å²) in [5.41, 5.74) is -0.831. The van der Waals surface area contributed by atoms with E-state index < -0.39 is 34.6 Å². The second-order valence-corrected chi connectivity index (χ2v) is 4.11. The predicted octanol–water partition coefficient (Wildman–Crippen LogP) is 3.24. The van der Waals surface area contributed by atoms with E-state index in [0.717, 1.165) is 0 Å². The summed E-state index contributed by atoms with van der Waals surface area (Å²) in [5, 5.41) is 0. The molecule has 100 valence electrons. The summed E-state index contributed by atoms with van der Waals surface area (Å²) in [6.45, 7) is 0.213. The number of ether oxygens (including phenoxy) is 2. The Bertz CT molecular complexity index is 430. The number of rotatable bonds is 2. The third kappa shape index (κ3) is 1.99. The van der Waals surface area contributed by atoms with Crippen molar-refractivity contribution in [3.05, 3.63) is 34.9 Å². The molecule has 1 fully saturated rings. The average Bonchev–Trinajstić information content (AvgIpc) is 2.38. The maximum Gasteiger partial charge on any atom is 0.200 e. The molecule has 2 rings (SSSR count). The lowest BCUT2D eigenvalue weighted by Crippen LogP contribution is -2.38. The van der Waals surface area contributed by atoms with E-state index in [-0.39, 0.29) is 19.1 Å². The van der Waals surface area contributed by atoms with Crippen LogP contribution in [0.1, 0.15) is 24.8 Å². The van der Waals surface area contributed by atoms with E-state index >= 15 is 0 Å². The van der Waals surface area contributed by atoms with Gasteiger partial charge in [0.05, 0.1) is 12.2 Å². The zero-order valence-corrected chi connectivity index (χ0v) is 9.73. The molecule has 0 saturated carbocycles. The molecule has 1 aromatic rings. The van der Waals surface area contributed by atoms with E-state index in [0.29, 0.717) is 12.8 Å². The zero-order valence-electron chi connectivity index (χ0n) is 9.73. The van der Waals surface area contributed by atoms with Gasteiger partial charge in [-0.1, -0.05) is 0 Å². The summed E-state index contributed by atoms with van der Waals surface area (Å²) in [6.07, 6.45) is 1.43. The molecule has 1 aliphatic heterocycles. The van der Waals surface area contributed by atoms with Crippen molar-refractivity contribution in [2.75, 3.05) is 13.7 Å². The molecule has 6 heteroatoms. The molecule has 18 heavy (non-hydrogen) atoms. The molecule has 2 nitrogen and oxygen atoms in total. The minimum Gasteiger partial charge on any atom is -0.349 e. The van der Waals surface area contributed by atoms with Crippen LogP contribution in [0.15, 0.2) is 6.07 Å². The van der Waals surface area contributed by atoms with E-state index in [1.165, 1.54) is 7.11 Å². The third-order valence-corrected chi connectivity index (χ3v) is 3.06. The van der Waals surface area contributed by atoms with Crippen LogP contribution in [-0.2, 0) is 15.3 Å². The van der Waals surface area contributed by atoms with Gasteiger partial charge in [-0.2, -0.15) is 0 Å². The van der Waals surface area contributed by atoms with Crippen LogP contribution in [0, 0.1) is 23.3 Å². The first-order chi connectivity index (χ1) is 8.52. The molecule has 1 saturated heterocycles. The molecule has 0 amide bonds. The monoisotopic (exact) mass is 264 g/mol. The minimum absolute atomic E-state index is 0.139. The molecular formula is C12H12F4O2. The maximum atomic E-state index is 13.7. The van der Waals surface area contributed by atoms with Gasteiger partial charge in [0, 0.05) is 19.6 Å². The molecular weight excluding hydrogens is 252 g/mol. The van der Waals surface area contributed by atoms with Gasteiger partial charge >= 0.3 is 0 Å². The third-order valence-electron chi connectivity index (χ3n) is 3.06. The van der Waals surface area contributed by atoms with E-state index in [1.54, 1.807) is 0 Å². The highest BCUT2D eigenvalue weighted by Gasteiger charge is 2.42. The zero-order chi connectivity index (χ0) is 13.3. The van der Waals surface area contributed by atoms with Gasteiger partial charge in [-0.05, 0) is 12.8 Å². The molecule has 1 aliphatic rings. The lowest BCUT2D eigenvalue weighted by atomic mass is 9.95. The first-order valence-electron chi connectivity index (χ1n) is 5.54. The number of hydrogen-bond acceptors (Lipinski definition) is 2. The Morgan fingerprint density at radius 1 is 1.11 bits per heavy atom. The summed E-state index contributed by atoms with van der Waals surface area (Å²) in [7, 11) is 1.19. The summed E-state index contributed by atoms with van der Waals surface area (Å²) >= 11 is 0. The van der Waals surface area contributed by atoms with E-state index in [2.05, 4.69) is 0 Å². The normalized spacial score (nSPS) is 24.3. The van der Waals surface area contributed by atoms with Crippen molar-refractivity contribution in [1.82, 2.24) is 0 Å². The van der Waals surface area contributed by atoms with Gasteiger partial charge in [-0.3, -0.25) is 0 Å². The Balaban J connectivity index is 2.61. The van der Waals surface area contributed by atoms with Crippen LogP contribution in [0.4, 0.5) is 17.6 Å². The van der Waals surface area contributed by atoms with E-state index in [1.807, 2.05) is 0 Å². The van der Waals surface area contributed by atoms with Gasteiger partial charge in [0.1, 0.15) is 0 Å². The summed E-state index contributed by atoms with van der Waals surface area (Å²) in [6, 6.07) is 0.167. The van der Waals surface area contributed by atoms with Crippen molar-refractivity contribution in [3.63, 3.8) is 0 Å². The summed E-state index contributed by atoms with van der Waals surface area (Å²) in [4.78, 5) is 0. The Morgan fingerprint density at radius 2 is 1.72 bits per heavy atom. The quantitative estimate of drug-likeness (QED) is 0.603. The van der Waals surface area contributed by atoms with Crippen LogP contribution in [0.2, 0.25) is 0 Å². The van der Waals surface area contributed by atoms with Crippen molar-refractivity contribution in [3.8, 4) is 0 Å². The predicted molar refractivity (Wildman–Crippen MR) is 54.8 cm³/mol. The Hall–Kier alpha value is -1.14. The highest BCUT2D eigenvalue weighted by Crippen LogP contribution is 2.39. The molecule has 1 heterocycles. The Morgan fingerprint density at radius 3 is 2.17 bits per heavy atom. The molecule has 1 unspecified atom stereocenters. The molecule has 0 radical (unpaired) electrons. The first-order valence-corrected chi connectivity index (χ1v) is 5.54. The summed E-state index contributed by atoms with van der Waals surface area (Å²) < 4.78 is 64.0. The van der Waals surface area contributed by atoms with Gasteiger partial charge < -0.3 is 9.47 Å². The second-order valence-electron chi connectivity index (χ2n) is 4.11. The lowest BCUT2D eigenvalue weighted by Gasteiger charge is -2.36. The van der Waals surface area contributed by atoms with Crippen molar-refractivity contribution >= 4 is 0 Å². The van der Waals surface area contributed by atoms with Gasteiger partial charge in [0.15, 0.2) is 29.1 Å². The number of halogens is 4. The number of hydrogen-bond donors (Lipinski definition) is 0. The minimum atomic E-state index is -1.75. The number of benzene rings is 1. The average molecular weight is 264 g/mol. The molecule has 0 aliphatic carbocycles. The van der Waals surface area contributed by atoms with Gasteiger partial charge in [-0.25, -0.2) is 17.6 Å². The molecule has 0 spiro atoms. The fourth-order valence-corrected chi connectivity index (χ4v) is 2.14. The van der Waals surface area contributed by atoms with Crippen LogP contribution in [0.3, 0.4) is 0 Å². The van der Waals surface area contributed by atoms with Crippen LogP contribution >= 0.6 is 0 Å². The molecule has 1 atom stereocenters. The molecule has 1 aromatic carbocycles. The molecule has 0 bridgehead atoms. The summed E-state index contributed by atoms with van der Waals surface area (Å²) in [5.74, 6) is -7.63. The number of methoxy groups -OCH3 is 1. The van der Waals surface area contributed by atoms with Gasteiger partial charge in [0.2, 0.25) is 0 Å². The van der Waals surface area contributed by atoms with Crippen molar-refractivity contribution in [2.24, 2.45) is 0 Å². The van der Waals surface area contributed by atoms with Crippen LogP contribution in [0.5, 0.6) is 0 Å². The maximum absolute atomic E-state index is 13.7. The SMILES string of the molecule is COC1(c2c(F)c(F)cc(F)c2F)CCCCO1. The first kappa shape index (κ1) is 13.3. The van der Waals surface area contributed by atoms with Gasteiger partial charge in [0.25, 0.3) is 0 Å². The standard InChI is InChI=1S/C12H12F4O2/c1-17-12(4-2-3-5-18-12)9-10(15)7(13)6-8(14)11(9)16/h6H,2-5H2,1H3.